The molecule has 0 unspecified atom stereocenters. The first-order chi connectivity index (χ1) is 14.3. The average Bonchev–Trinajstić information content (AvgIpc) is 2.71. The van der Waals surface area contributed by atoms with Gasteiger partial charge in [-0.25, -0.2) is 28.1 Å². The number of alkyl halides is 2. The molecule has 2 heterocycles. The topological polar surface area (TPSA) is 138 Å². The van der Waals surface area contributed by atoms with E-state index < -0.39 is 25.3 Å². The molecule has 5 N–H and O–H groups in total. The largest absolute Gasteiger partial charge is 0.443 e. The summed E-state index contributed by atoms with van der Waals surface area (Å²) in [6, 6.07) is 5.17. The lowest BCUT2D eigenvalue weighted by Crippen LogP contribution is -2.23. The van der Waals surface area contributed by atoms with Gasteiger partial charge in [0.05, 0.1) is 12.2 Å². The number of hydrogen-bond donors (Lipinski definition) is 3. The van der Waals surface area contributed by atoms with Gasteiger partial charge in [0.15, 0.2) is 5.82 Å². The highest BCUT2D eigenvalue weighted by atomic mass is 19.1. The minimum Gasteiger partial charge on any atom is -0.443 e. The van der Waals surface area contributed by atoms with Crippen LogP contribution in [-0.4, -0.2) is 41.5 Å². The number of carbonyl (C=O) groups is 1. The van der Waals surface area contributed by atoms with Gasteiger partial charge in [-0.05, 0) is 37.3 Å². The van der Waals surface area contributed by atoms with E-state index >= 15 is 0 Å². The first kappa shape index (κ1) is 22.5. The summed E-state index contributed by atoms with van der Waals surface area (Å²) >= 11 is 0. The Balaban J connectivity index is 0.000000269. The van der Waals surface area contributed by atoms with Gasteiger partial charge in [-0.2, -0.15) is 0 Å². The SMILES string of the molecule is C[C@H]1C=C(CF)OC(N)=N1.Nc1nc(C(=O)Nc2ccc(F)cc2)cnc1OCF. The highest BCUT2D eigenvalue weighted by Gasteiger charge is 2.12. The van der Waals surface area contributed by atoms with Gasteiger partial charge in [0.2, 0.25) is 6.86 Å². The van der Waals surface area contributed by atoms with E-state index in [4.69, 9.17) is 16.2 Å². The number of ether oxygens (including phenoxy) is 2. The zero-order valence-electron chi connectivity index (χ0n) is 15.8. The molecule has 1 amide bonds. The standard InChI is InChI=1S/C12H10F2N4O2.C6H9FN2O/c13-6-20-12-10(15)18-9(5-16-12)11(19)17-8-3-1-7(14)2-4-8;1-4-2-5(3-7)10-6(8)9-4/h1-5H,6H2,(H2,15,18)(H,17,19);2,4H,3H2,1H3,(H2,8,9)/t;4-/m.0/s1. The summed E-state index contributed by atoms with van der Waals surface area (Å²) in [4.78, 5) is 23.1. The van der Waals surface area contributed by atoms with Crippen LogP contribution in [0.2, 0.25) is 0 Å². The summed E-state index contributed by atoms with van der Waals surface area (Å²) in [6.07, 6.45) is 2.69. The Labute approximate surface area is 169 Å². The number of halogens is 3. The summed E-state index contributed by atoms with van der Waals surface area (Å²) in [5.41, 5.74) is 11.0. The first-order valence-electron chi connectivity index (χ1n) is 8.48. The number of nitrogens with one attached hydrogen (secondary N) is 1. The fourth-order valence-electron chi connectivity index (χ4n) is 2.17. The Morgan fingerprint density at radius 1 is 1.27 bits per heavy atom. The summed E-state index contributed by atoms with van der Waals surface area (Å²) < 4.78 is 45.8. The van der Waals surface area contributed by atoms with E-state index in [2.05, 4.69) is 25.0 Å². The predicted molar refractivity (Wildman–Crippen MR) is 104 cm³/mol. The van der Waals surface area contributed by atoms with Crippen LogP contribution in [0.25, 0.3) is 0 Å². The fourth-order valence-corrected chi connectivity index (χ4v) is 2.17. The second-order valence-corrected chi connectivity index (χ2v) is 5.74. The molecule has 1 atom stereocenters. The van der Waals surface area contributed by atoms with Crippen LogP contribution in [0.3, 0.4) is 0 Å². The van der Waals surface area contributed by atoms with E-state index in [1.165, 1.54) is 24.3 Å². The van der Waals surface area contributed by atoms with Crippen molar-refractivity contribution in [3.63, 3.8) is 0 Å². The van der Waals surface area contributed by atoms with Crippen LogP contribution in [0.4, 0.5) is 24.7 Å². The van der Waals surface area contributed by atoms with E-state index in [-0.39, 0.29) is 35.2 Å². The van der Waals surface area contributed by atoms with Crippen LogP contribution in [0, 0.1) is 5.82 Å². The van der Waals surface area contributed by atoms with Crippen molar-refractivity contribution in [2.75, 3.05) is 24.6 Å². The van der Waals surface area contributed by atoms with E-state index in [0.717, 1.165) is 6.20 Å². The number of carbonyl (C=O) groups excluding carboxylic acids is 1. The number of nitrogens with zero attached hydrogens (tertiary/aromatic N) is 3. The second-order valence-electron chi connectivity index (χ2n) is 5.74. The molecule has 160 valence electrons. The lowest BCUT2D eigenvalue weighted by atomic mass is 10.3. The average molecular weight is 424 g/mol. The number of nitrogen functional groups attached to an aromatic ring is 1. The lowest BCUT2D eigenvalue weighted by molar-refractivity contribution is 0.102. The third-order valence-corrected chi connectivity index (χ3v) is 3.42. The maximum atomic E-state index is 12.7. The van der Waals surface area contributed by atoms with E-state index in [0.29, 0.717) is 5.69 Å². The zero-order chi connectivity index (χ0) is 22.1. The smallest absolute Gasteiger partial charge is 0.287 e. The molecule has 0 saturated carbocycles. The monoisotopic (exact) mass is 424 g/mol. The van der Waals surface area contributed by atoms with Gasteiger partial charge in [0.1, 0.15) is 23.9 Å². The molecule has 0 saturated heterocycles. The molecule has 2 aromatic rings. The van der Waals surface area contributed by atoms with Gasteiger partial charge in [0.25, 0.3) is 17.8 Å². The molecule has 9 nitrogen and oxygen atoms in total. The van der Waals surface area contributed by atoms with Crippen molar-refractivity contribution in [1.82, 2.24) is 9.97 Å². The number of aromatic nitrogens is 2. The fraction of sp³-hybridized carbons (Fsp3) is 0.222. The minimum atomic E-state index is -1.10. The molecule has 1 aliphatic heterocycles. The molecule has 0 radical (unpaired) electrons. The molecular weight excluding hydrogens is 405 g/mol. The van der Waals surface area contributed by atoms with Crippen LogP contribution in [-0.2, 0) is 4.74 Å². The van der Waals surface area contributed by atoms with Crippen molar-refractivity contribution in [2.24, 2.45) is 10.7 Å². The quantitative estimate of drug-likeness (QED) is 0.670. The van der Waals surface area contributed by atoms with E-state index in [9.17, 15) is 18.0 Å². The maximum Gasteiger partial charge on any atom is 0.287 e. The molecule has 0 fully saturated rings. The van der Waals surface area contributed by atoms with Crippen molar-refractivity contribution in [1.29, 1.82) is 0 Å². The molecule has 0 spiro atoms. The molecule has 1 aromatic carbocycles. The second kappa shape index (κ2) is 10.6. The van der Waals surface area contributed by atoms with Gasteiger partial charge in [0, 0.05) is 5.69 Å². The summed E-state index contributed by atoms with van der Waals surface area (Å²) in [5.74, 6) is -1.14. The van der Waals surface area contributed by atoms with Crippen LogP contribution in [0.1, 0.15) is 17.4 Å². The van der Waals surface area contributed by atoms with Crippen LogP contribution >= 0.6 is 0 Å². The number of hydrogen-bond acceptors (Lipinski definition) is 8. The number of allylic oxidation sites excluding steroid dienone is 1. The Morgan fingerprint density at radius 3 is 2.53 bits per heavy atom. The third-order valence-electron chi connectivity index (χ3n) is 3.42. The molecular formula is C18H19F3N6O3. The van der Waals surface area contributed by atoms with Crippen LogP contribution in [0.15, 0.2) is 47.3 Å². The lowest BCUT2D eigenvalue weighted by Gasteiger charge is -2.13. The normalized spacial score (nSPS) is 15.0. The molecule has 12 heteroatoms. The predicted octanol–water partition coefficient (Wildman–Crippen LogP) is 2.33. The molecule has 3 rings (SSSR count). The number of benzene rings is 1. The van der Waals surface area contributed by atoms with Gasteiger partial charge < -0.3 is 26.3 Å². The van der Waals surface area contributed by atoms with Crippen molar-refractivity contribution in [3.05, 3.63) is 53.8 Å². The van der Waals surface area contributed by atoms with Crippen molar-refractivity contribution in [3.8, 4) is 5.88 Å². The zero-order valence-corrected chi connectivity index (χ0v) is 15.8. The number of aliphatic imine (C=N–C) groups is 1. The highest BCUT2D eigenvalue weighted by Crippen LogP contribution is 2.16. The number of anilines is 2. The van der Waals surface area contributed by atoms with Gasteiger partial charge in [-0.1, -0.05) is 0 Å². The van der Waals surface area contributed by atoms with Crippen molar-refractivity contribution in [2.45, 2.75) is 13.0 Å². The molecule has 1 aromatic heterocycles. The van der Waals surface area contributed by atoms with Crippen LogP contribution in [0.5, 0.6) is 5.88 Å². The summed E-state index contributed by atoms with van der Waals surface area (Å²) in [7, 11) is 0. The van der Waals surface area contributed by atoms with Crippen molar-refractivity contribution < 1.29 is 27.4 Å². The Morgan fingerprint density at radius 2 is 1.97 bits per heavy atom. The number of amidine groups is 1. The van der Waals surface area contributed by atoms with Gasteiger partial charge in [-0.3, -0.25) is 4.79 Å². The number of nitrogens with two attached hydrogens (primary N) is 2. The number of rotatable bonds is 5. The first-order valence-corrected chi connectivity index (χ1v) is 8.48. The summed E-state index contributed by atoms with van der Waals surface area (Å²) in [6.45, 7) is 0.0889. The van der Waals surface area contributed by atoms with E-state index in [1.807, 2.05) is 6.92 Å². The summed E-state index contributed by atoms with van der Waals surface area (Å²) in [5, 5.41) is 2.49. The molecule has 30 heavy (non-hydrogen) atoms. The Bertz CT molecular complexity index is 937. The highest BCUT2D eigenvalue weighted by molar-refractivity contribution is 6.02. The number of amides is 1. The Kier molecular flexibility index (Phi) is 7.97. The van der Waals surface area contributed by atoms with Gasteiger partial charge in [-0.15, -0.1) is 0 Å². The molecule has 1 aliphatic rings. The third kappa shape index (κ3) is 6.65. The van der Waals surface area contributed by atoms with Crippen molar-refractivity contribution >= 4 is 23.4 Å². The maximum absolute atomic E-state index is 12.7. The molecule has 0 bridgehead atoms. The van der Waals surface area contributed by atoms with E-state index in [1.54, 1.807) is 6.08 Å². The van der Waals surface area contributed by atoms with Gasteiger partial charge >= 0.3 is 0 Å². The minimum absolute atomic E-state index is 0.0441. The Hall–Kier alpha value is -3.83. The molecule has 0 aliphatic carbocycles. The van der Waals surface area contributed by atoms with Crippen LogP contribution < -0.4 is 21.5 Å².